The number of rotatable bonds is 4. The monoisotopic (exact) mass is 211 g/mol. The standard InChI is InChI=1S/C10H13NO4/c1-11(6-12)5-10(15)7-2-3-8(13)9(14)4-7/h2-4,6,10,13-15H,5H2,1H3. The molecular formula is C10H13NO4. The number of phenolic OH excluding ortho intramolecular Hbond substituents is 2. The third-order valence-corrected chi connectivity index (χ3v) is 2.03. The lowest BCUT2D eigenvalue weighted by molar-refractivity contribution is -0.118. The maximum Gasteiger partial charge on any atom is 0.209 e. The van der Waals surface area contributed by atoms with Crippen molar-refractivity contribution in [3.8, 4) is 11.5 Å². The zero-order valence-corrected chi connectivity index (χ0v) is 8.29. The summed E-state index contributed by atoms with van der Waals surface area (Å²) in [6.45, 7) is 0.133. The highest BCUT2D eigenvalue weighted by molar-refractivity contribution is 5.47. The minimum Gasteiger partial charge on any atom is -0.504 e. The summed E-state index contributed by atoms with van der Waals surface area (Å²) in [7, 11) is 1.54. The first-order valence-corrected chi connectivity index (χ1v) is 4.40. The van der Waals surface area contributed by atoms with Crippen LogP contribution in [0.1, 0.15) is 11.7 Å². The molecule has 0 heterocycles. The van der Waals surface area contributed by atoms with E-state index in [2.05, 4.69) is 0 Å². The maximum absolute atomic E-state index is 10.3. The van der Waals surface area contributed by atoms with E-state index in [4.69, 9.17) is 5.11 Å². The largest absolute Gasteiger partial charge is 0.504 e. The Labute approximate surface area is 87.2 Å². The van der Waals surface area contributed by atoms with Gasteiger partial charge in [-0.25, -0.2) is 0 Å². The molecule has 0 aliphatic heterocycles. The summed E-state index contributed by atoms with van der Waals surface area (Å²) in [5, 5.41) is 27.9. The number of amides is 1. The van der Waals surface area contributed by atoms with E-state index in [1.165, 1.54) is 30.1 Å². The van der Waals surface area contributed by atoms with E-state index >= 15 is 0 Å². The Morgan fingerprint density at radius 1 is 1.40 bits per heavy atom. The predicted octanol–water partition coefficient (Wildman–Crippen LogP) is 0.219. The van der Waals surface area contributed by atoms with Gasteiger partial charge < -0.3 is 20.2 Å². The van der Waals surface area contributed by atoms with Gasteiger partial charge in [0.25, 0.3) is 0 Å². The minimum atomic E-state index is -0.883. The lowest BCUT2D eigenvalue weighted by Gasteiger charge is -2.16. The van der Waals surface area contributed by atoms with Gasteiger partial charge >= 0.3 is 0 Å². The molecule has 1 aromatic carbocycles. The molecule has 82 valence electrons. The van der Waals surface area contributed by atoms with E-state index in [-0.39, 0.29) is 18.0 Å². The van der Waals surface area contributed by atoms with Crippen LogP contribution in [-0.2, 0) is 4.79 Å². The second-order valence-electron chi connectivity index (χ2n) is 3.31. The highest BCUT2D eigenvalue weighted by Gasteiger charge is 2.11. The van der Waals surface area contributed by atoms with Crippen molar-refractivity contribution in [2.24, 2.45) is 0 Å². The summed E-state index contributed by atoms with van der Waals surface area (Å²) in [6.07, 6.45) is -0.282. The van der Waals surface area contributed by atoms with Crippen molar-refractivity contribution in [3.05, 3.63) is 23.8 Å². The number of nitrogens with zero attached hydrogens (tertiary/aromatic N) is 1. The molecule has 0 bridgehead atoms. The molecule has 0 fully saturated rings. The third-order valence-electron chi connectivity index (χ3n) is 2.03. The topological polar surface area (TPSA) is 81.0 Å². The molecular weight excluding hydrogens is 198 g/mol. The molecule has 3 N–H and O–H groups in total. The molecule has 15 heavy (non-hydrogen) atoms. The van der Waals surface area contributed by atoms with Crippen molar-refractivity contribution in [3.63, 3.8) is 0 Å². The molecule has 1 unspecified atom stereocenters. The lowest BCUT2D eigenvalue weighted by atomic mass is 10.1. The number of carbonyl (C=O) groups is 1. The first-order valence-electron chi connectivity index (χ1n) is 4.40. The van der Waals surface area contributed by atoms with Crippen molar-refractivity contribution < 1.29 is 20.1 Å². The first kappa shape index (κ1) is 11.3. The minimum absolute atomic E-state index is 0.133. The third kappa shape index (κ3) is 2.85. The smallest absolute Gasteiger partial charge is 0.209 e. The molecule has 5 heteroatoms. The summed E-state index contributed by atoms with van der Waals surface area (Å²) in [4.78, 5) is 11.6. The van der Waals surface area contributed by atoms with Gasteiger partial charge in [-0.15, -0.1) is 0 Å². The van der Waals surface area contributed by atoms with Crippen LogP contribution in [-0.4, -0.2) is 40.2 Å². The molecule has 1 rings (SSSR count). The van der Waals surface area contributed by atoms with E-state index in [1.807, 2.05) is 0 Å². The second-order valence-corrected chi connectivity index (χ2v) is 3.31. The Hall–Kier alpha value is -1.75. The highest BCUT2D eigenvalue weighted by Crippen LogP contribution is 2.27. The number of aliphatic hydroxyl groups is 1. The summed E-state index contributed by atoms with van der Waals surface area (Å²) < 4.78 is 0. The zero-order chi connectivity index (χ0) is 11.4. The van der Waals surface area contributed by atoms with E-state index < -0.39 is 6.10 Å². The number of phenols is 2. The van der Waals surface area contributed by atoms with Crippen molar-refractivity contribution in [2.45, 2.75) is 6.10 Å². The number of aromatic hydroxyl groups is 2. The van der Waals surface area contributed by atoms with Gasteiger partial charge in [0.05, 0.1) is 12.6 Å². The van der Waals surface area contributed by atoms with Gasteiger partial charge in [-0.05, 0) is 17.7 Å². The van der Waals surface area contributed by atoms with Gasteiger partial charge in [-0.2, -0.15) is 0 Å². The van der Waals surface area contributed by atoms with Crippen LogP contribution in [0.3, 0.4) is 0 Å². The van der Waals surface area contributed by atoms with Crippen LogP contribution in [0.2, 0.25) is 0 Å². The predicted molar refractivity (Wildman–Crippen MR) is 53.4 cm³/mol. The van der Waals surface area contributed by atoms with Gasteiger partial charge in [0.2, 0.25) is 6.41 Å². The number of aliphatic hydroxyl groups excluding tert-OH is 1. The molecule has 5 nitrogen and oxygen atoms in total. The van der Waals surface area contributed by atoms with Crippen LogP contribution in [0.15, 0.2) is 18.2 Å². The lowest BCUT2D eigenvalue weighted by Crippen LogP contribution is -2.22. The van der Waals surface area contributed by atoms with Gasteiger partial charge in [-0.1, -0.05) is 6.07 Å². The molecule has 1 atom stereocenters. The molecule has 0 aliphatic rings. The molecule has 0 aliphatic carbocycles. The molecule has 0 saturated heterocycles. The van der Waals surface area contributed by atoms with E-state index in [0.29, 0.717) is 12.0 Å². The molecule has 0 radical (unpaired) electrons. The maximum atomic E-state index is 10.3. The van der Waals surface area contributed by atoms with Crippen LogP contribution in [0.4, 0.5) is 0 Å². The quantitative estimate of drug-likeness (QED) is 0.491. The van der Waals surface area contributed by atoms with E-state index in [0.717, 1.165) is 0 Å². The Morgan fingerprint density at radius 3 is 2.60 bits per heavy atom. The Kier molecular flexibility index (Phi) is 3.51. The molecule has 1 amide bonds. The summed E-state index contributed by atoms with van der Waals surface area (Å²) in [6, 6.07) is 4.03. The molecule has 1 aromatic rings. The first-order chi connectivity index (χ1) is 7.04. The van der Waals surface area contributed by atoms with Crippen LogP contribution >= 0.6 is 0 Å². The number of likely N-dealkylation sites (N-methyl/N-ethyl adjacent to an activating group) is 1. The number of benzene rings is 1. The van der Waals surface area contributed by atoms with Crippen molar-refractivity contribution >= 4 is 6.41 Å². The van der Waals surface area contributed by atoms with E-state index in [1.54, 1.807) is 0 Å². The Morgan fingerprint density at radius 2 is 2.07 bits per heavy atom. The van der Waals surface area contributed by atoms with E-state index in [9.17, 15) is 15.0 Å². The van der Waals surface area contributed by atoms with Crippen LogP contribution in [0, 0.1) is 0 Å². The molecule has 0 saturated carbocycles. The van der Waals surface area contributed by atoms with Crippen molar-refractivity contribution in [2.75, 3.05) is 13.6 Å². The van der Waals surface area contributed by atoms with Crippen molar-refractivity contribution in [1.82, 2.24) is 4.90 Å². The summed E-state index contributed by atoms with van der Waals surface area (Å²) in [5.74, 6) is -0.532. The van der Waals surface area contributed by atoms with Gasteiger partial charge in [0.1, 0.15) is 0 Å². The number of hydrogen-bond acceptors (Lipinski definition) is 4. The van der Waals surface area contributed by atoms with Gasteiger partial charge in [0, 0.05) is 7.05 Å². The number of hydrogen-bond donors (Lipinski definition) is 3. The zero-order valence-electron chi connectivity index (χ0n) is 8.29. The second kappa shape index (κ2) is 4.65. The fourth-order valence-corrected chi connectivity index (χ4v) is 1.17. The normalized spacial score (nSPS) is 12.1. The Balaban J connectivity index is 2.77. The SMILES string of the molecule is CN(C=O)CC(O)c1ccc(O)c(O)c1. The van der Waals surface area contributed by atoms with Gasteiger partial charge in [-0.3, -0.25) is 4.79 Å². The average molecular weight is 211 g/mol. The van der Waals surface area contributed by atoms with Crippen LogP contribution < -0.4 is 0 Å². The fraction of sp³-hybridized carbons (Fsp3) is 0.300. The summed E-state index contributed by atoms with van der Waals surface area (Å²) >= 11 is 0. The van der Waals surface area contributed by atoms with Crippen LogP contribution in [0.25, 0.3) is 0 Å². The summed E-state index contributed by atoms with van der Waals surface area (Å²) in [5.41, 5.74) is 0.444. The van der Waals surface area contributed by atoms with Crippen LogP contribution in [0.5, 0.6) is 11.5 Å². The fourth-order valence-electron chi connectivity index (χ4n) is 1.17. The molecule has 0 spiro atoms. The molecule has 0 aromatic heterocycles. The Bertz CT molecular complexity index is 353. The average Bonchev–Trinajstić information content (AvgIpc) is 2.21. The highest BCUT2D eigenvalue weighted by atomic mass is 16.3. The van der Waals surface area contributed by atoms with Gasteiger partial charge in [0.15, 0.2) is 11.5 Å². The number of carbonyl (C=O) groups excluding carboxylic acids is 1. The van der Waals surface area contributed by atoms with Crippen molar-refractivity contribution in [1.29, 1.82) is 0 Å².